The number of nitrogens with zero attached hydrogens (tertiary/aromatic N) is 4. The van der Waals surface area contributed by atoms with Crippen LogP contribution in [0.25, 0.3) is 10.4 Å². The minimum atomic E-state index is -0.431. The molecule has 0 radical (unpaired) electrons. The van der Waals surface area contributed by atoms with Gasteiger partial charge in [-0.25, -0.2) is 11.6 Å². The molecule has 136 valence electrons. The summed E-state index contributed by atoms with van der Waals surface area (Å²) in [5.41, 5.74) is 5.08. The number of methoxy groups -OCH3 is 1. The Balaban J connectivity index is 2.25. The van der Waals surface area contributed by atoms with Crippen LogP contribution in [0.2, 0.25) is 0 Å². The van der Waals surface area contributed by atoms with Crippen LogP contribution in [0.5, 0.6) is 5.75 Å². The predicted octanol–water partition coefficient (Wildman–Crippen LogP) is 4.86. The fourth-order valence-corrected chi connectivity index (χ4v) is 4.47. The Bertz CT molecular complexity index is 1020. The van der Waals surface area contributed by atoms with E-state index < -0.39 is 6.04 Å². The molecule has 1 aliphatic heterocycles. The molecule has 2 heterocycles. The van der Waals surface area contributed by atoms with Crippen molar-refractivity contribution >= 4 is 22.6 Å². The van der Waals surface area contributed by atoms with Crippen LogP contribution in [0.1, 0.15) is 48.5 Å². The highest BCUT2D eigenvalue weighted by Gasteiger charge is 2.41. The van der Waals surface area contributed by atoms with Gasteiger partial charge in [-0.05, 0) is 32.4 Å². The monoisotopic (exact) mass is 376 g/mol. The van der Waals surface area contributed by atoms with Crippen molar-refractivity contribution in [2.24, 2.45) is 4.99 Å². The van der Waals surface area contributed by atoms with Gasteiger partial charge < -0.3 is 9.58 Å². The van der Waals surface area contributed by atoms with Gasteiger partial charge in [0.2, 0.25) is 0 Å². The van der Waals surface area contributed by atoms with E-state index in [-0.39, 0.29) is 5.92 Å². The van der Waals surface area contributed by atoms with Gasteiger partial charge in [0.15, 0.2) is 0 Å². The van der Waals surface area contributed by atoms with Gasteiger partial charge in [-0.2, -0.15) is 5.26 Å². The standard InChI is InChI=1S/C21H20N4OS/c1-6-15-11-27-21(25-15)18-12(2)24-13(3)20(23-4)19(18)16-8-7-14(10-22)9-17(16)26-5/h7-9,11,19-20H,6H2,1-3,5H3. The number of hydrogen-bond acceptors (Lipinski definition) is 5. The highest BCUT2D eigenvalue weighted by atomic mass is 32.1. The molecule has 2 unspecified atom stereocenters. The molecular weight excluding hydrogens is 356 g/mol. The van der Waals surface area contributed by atoms with Crippen molar-refractivity contribution in [1.29, 1.82) is 5.26 Å². The summed E-state index contributed by atoms with van der Waals surface area (Å²) in [7, 11) is 1.59. The molecule has 0 amide bonds. The predicted molar refractivity (Wildman–Crippen MR) is 108 cm³/mol. The lowest BCUT2D eigenvalue weighted by molar-refractivity contribution is 0.408. The van der Waals surface area contributed by atoms with E-state index in [1.807, 2.05) is 19.9 Å². The SMILES string of the molecule is [C-]#[N+]C1C(C)=NC(C)=C(c2nc(CC)cs2)C1c1ccc(C#N)cc1OC. The molecule has 2 aromatic rings. The molecule has 0 aliphatic carbocycles. The number of rotatable bonds is 4. The van der Waals surface area contributed by atoms with Crippen LogP contribution in [0.15, 0.2) is 34.3 Å². The number of aliphatic imine (C=N–C) groups is 1. The van der Waals surface area contributed by atoms with Crippen LogP contribution in [-0.2, 0) is 6.42 Å². The summed E-state index contributed by atoms with van der Waals surface area (Å²) in [6.45, 7) is 13.7. The molecule has 1 aliphatic rings. The second kappa shape index (κ2) is 7.73. The molecule has 0 saturated carbocycles. The first-order valence-corrected chi connectivity index (χ1v) is 9.57. The fourth-order valence-electron chi connectivity index (χ4n) is 3.43. The maximum atomic E-state index is 9.21. The molecule has 6 heteroatoms. The van der Waals surface area contributed by atoms with E-state index in [0.29, 0.717) is 11.3 Å². The Morgan fingerprint density at radius 2 is 2.15 bits per heavy atom. The van der Waals surface area contributed by atoms with Crippen molar-refractivity contribution in [3.8, 4) is 11.8 Å². The second-order valence-corrected chi connectivity index (χ2v) is 7.23. The van der Waals surface area contributed by atoms with Gasteiger partial charge in [0.1, 0.15) is 10.8 Å². The van der Waals surface area contributed by atoms with E-state index >= 15 is 0 Å². The van der Waals surface area contributed by atoms with E-state index in [1.165, 1.54) is 0 Å². The van der Waals surface area contributed by atoms with Crippen LogP contribution >= 0.6 is 11.3 Å². The molecular formula is C21H20N4OS. The Morgan fingerprint density at radius 3 is 2.74 bits per heavy atom. The quantitative estimate of drug-likeness (QED) is 0.716. The molecule has 0 bridgehead atoms. The number of hydrogen-bond donors (Lipinski definition) is 0. The average Bonchev–Trinajstić information content (AvgIpc) is 3.15. The molecule has 5 nitrogen and oxygen atoms in total. The molecule has 0 fully saturated rings. The maximum absolute atomic E-state index is 9.21. The summed E-state index contributed by atoms with van der Waals surface area (Å²) in [4.78, 5) is 13.3. The zero-order chi connectivity index (χ0) is 19.6. The number of aryl methyl sites for hydroxylation is 1. The number of allylic oxidation sites excluding steroid dienone is 1. The van der Waals surface area contributed by atoms with E-state index in [2.05, 4.69) is 28.2 Å². The first-order chi connectivity index (χ1) is 13.0. The van der Waals surface area contributed by atoms with Crippen molar-refractivity contribution in [2.45, 2.75) is 39.2 Å². The lowest BCUT2D eigenvalue weighted by atomic mass is 9.80. The maximum Gasteiger partial charge on any atom is 0.272 e. The van der Waals surface area contributed by atoms with E-state index in [4.69, 9.17) is 16.3 Å². The van der Waals surface area contributed by atoms with Gasteiger partial charge in [0.25, 0.3) is 6.04 Å². The molecule has 0 N–H and O–H groups in total. The van der Waals surface area contributed by atoms with Crippen LogP contribution in [0.3, 0.4) is 0 Å². The molecule has 0 saturated heterocycles. The normalized spacial score (nSPS) is 19.3. The minimum absolute atomic E-state index is 0.237. The van der Waals surface area contributed by atoms with Crippen molar-refractivity contribution in [3.05, 3.63) is 62.5 Å². The summed E-state index contributed by atoms with van der Waals surface area (Å²) in [6, 6.07) is 7.10. The molecule has 1 aromatic heterocycles. The third-order valence-electron chi connectivity index (χ3n) is 4.77. The first kappa shape index (κ1) is 18.8. The summed E-state index contributed by atoms with van der Waals surface area (Å²) in [5, 5.41) is 12.2. The van der Waals surface area contributed by atoms with E-state index in [0.717, 1.165) is 39.7 Å². The smallest absolute Gasteiger partial charge is 0.272 e. The van der Waals surface area contributed by atoms with Crippen molar-refractivity contribution in [3.63, 3.8) is 0 Å². The largest absolute Gasteiger partial charge is 0.496 e. The molecule has 3 rings (SSSR count). The molecule has 2 atom stereocenters. The van der Waals surface area contributed by atoms with Crippen LogP contribution < -0.4 is 4.74 Å². The van der Waals surface area contributed by atoms with Crippen LogP contribution in [-0.4, -0.2) is 23.8 Å². The number of nitriles is 1. The van der Waals surface area contributed by atoms with E-state index in [1.54, 1.807) is 30.6 Å². The third-order valence-corrected chi connectivity index (χ3v) is 5.69. The minimum Gasteiger partial charge on any atom is -0.496 e. The van der Waals surface area contributed by atoms with Gasteiger partial charge in [0.05, 0.1) is 36.1 Å². The number of benzene rings is 1. The van der Waals surface area contributed by atoms with Gasteiger partial charge in [-0.15, -0.1) is 11.3 Å². The zero-order valence-corrected chi connectivity index (χ0v) is 16.6. The zero-order valence-electron chi connectivity index (χ0n) is 15.8. The van der Waals surface area contributed by atoms with Crippen molar-refractivity contribution in [2.75, 3.05) is 7.11 Å². The Hall–Kier alpha value is -2.96. The van der Waals surface area contributed by atoms with Gasteiger partial charge in [-0.1, -0.05) is 13.0 Å². The average molecular weight is 376 g/mol. The lowest BCUT2D eigenvalue weighted by Crippen LogP contribution is -2.28. The van der Waals surface area contributed by atoms with Crippen LogP contribution in [0.4, 0.5) is 0 Å². The van der Waals surface area contributed by atoms with Gasteiger partial charge in [0, 0.05) is 22.2 Å². The number of ether oxygens (including phenoxy) is 1. The van der Waals surface area contributed by atoms with Gasteiger partial charge in [-0.3, -0.25) is 4.99 Å². The highest BCUT2D eigenvalue weighted by molar-refractivity contribution is 7.10. The lowest BCUT2D eigenvalue weighted by Gasteiger charge is -2.27. The Labute approximate surface area is 163 Å². The number of aromatic nitrogens is 1. The summed E-state index contributed by atoms with van der Waals surface area (Å²) in [6.07, 6.45) is 0.863. The highest BCUT2D eigenvalue weighted by Crippen LogP contribution is 2.46. The Morgan fingerprint density at radius 1 is 1.37 bits per heavy atom. The summed E-state index contributed by atoms with van der Waals surface area (Å²) >= 11 is 1.58. The van der Waals surface area contributed by atoms with Crippen molar-refractivity contribution < 1.29 is 4.74 Å². The molecule has 0 spiro atoms. The summed E-state index contributed by atoms with van der Waals surface area (Å²) in [5.74, 6) is 0.374. The van der Waals surface area contributed by atoms with Gasteiger partial charge >= 0.3 is 0 Å². The van der Waals surface area contributed by atoms with Crippen molar-refractivity contribution in [1.82, 2.24) is 4.98 Å². The van der Waals surface area contributed by atoms with E-state index in [9.17, 15) is 5.26 Å². The molecule has 1 aromatic carbocycles. The second-order valence-electron chi connectivity index (χ2n) is 6.37. The number of thiazole rings is 1. The Kier molecular flexibility index (Phi) is 5.39. The van der Waals surface area contributed by atoms with Crippen LogP contribution in [0, 0.1) is 17.9 Å². The third kappa shape index (κ3) is 3.37. The topological polar surface area (TPSA) is 62.6 Å². The summed E-state index contributed by atoms with van der Waals surface area (Å²) < 4.78 is 5.58. The first-order valence-electron chi connectivity index (χ1n) is 8.69. The fraction of sp³-hybridized carbons (Fsp3) is 0.333. The molecule has 27 heavy (non-hydrogen) atoms.